The van der Waals surface area contributed by atoms with E-state index in [1.165, 1.54) is 5.56 Å². The van der Waals surface area contributed by atoms with Gasteiger partial charge < -0.3 is 10.6 Å². The molecule has 0 spiro atoms. The summed E-state index contributed by atoms with van der Waals surface area (Å²) in [7, 11) is 4.35. The maximum Gasteiger partial charge on any atom is 0.0375 e. The third kappa shape index (κ3) is 3.28. The number of nitrogens with zero attached hydrogens (tertiary/aromatic N) is 2. The van der Waals surface area contributed by atoms with Crippen LogP contribution in [0, 0.1) is 0 Å². The molecule has 1 aliphatic heterocycles. The second-order valence-electron chi connectivity index (χ2n) is 5.18. The molecule has 0 bridgehead atoms. The van der Waals surface area contributed by atoms with Crippen molar-refractivity contribution in [2.45, 2.75) is 25.0 Å². The molecular formula is C14H23N3. The predicted molar refractivity (Wildman–Crippen MR) is 71.8 cm³/mol. The van der Waals surface area contributed by atoms with Crippen molar-refractivity contribution in [1.82, 2.24) is 9.80 Å². The zero-order chi connectivity index (χ0) is 12.3. The van der Waals surface area contributed by atoms with Gasteiger partial charge in [-0.2, -0.15) is 0 Å². The third-order valence-electron chi connectivity index (χ3n) is 3.68. The van der Waals surface area contributed by atoms with Gasteiger partial charge in [0.1, 0.15) is 0 Å². The Kier molecular flexibility index (Phi) is 4.15. The number of hydrogen-bond donors (Lipinski definition) is 1. The molecule has 0 aliphatic carbocycles. The van der Waals surface area contributed by atoms with Gasteiger partial charge in [-0.15, -0.1) is 0 Å². The largest absolute Gasteiger partial charge is 0.326 e. The van der Waals surface area contributed by atoms with Crippen LogP contribution in [-0.4, -0.2) is 49.1 Å². The lowest BCUT2D eigenvalue weighted by Gasteiger charge is -2.40. The molecule has 0 radical (unpaired) electrons. The first-order valence-corrected chi connectivity index (χ1v) is 6.35. The summed E-state index contributed by atoms with van der Waals surface area (Å²) in [4.78, 5) is 4.76. The van der Waals surface area contributed by atoms with E-state index in [0.29, 0.717) is 12.1 Å². The van der Waals surface area contributed by atoms with Gasteiger partial charge in [0.2, 0.25) is 0 Å². The first-order valence-electron chi connectivity index (χ1n) is 6.35. The van der Waals surface area contributed by atoms with Gasteiger partial charge in [0.05, 0.1) is 0 Å². The molecule has 2 atom stereocenters. The van der Waals surface area contributed by atoms with E-state index in [0.717, 1.165) is 26.1 Å². The lowest BCUT2D eigenvalue weighted by Crippen LogP contribution is -2.56. The van der Waals surface area contributed by atoms with E-state index in [1.54, 1.807) is 0 Å². The van der Waals surface area contributed by atoms with Crippen LogP contribution in [-0.2, 0) is 6.54 Å². The highest BCUT2D eigenvalue weighted by Gasteiger charge is 2.27. The summed E-state index contributed by atoms with van der Waals surface area (Å²) in [5.74, 6) is 0. The average Bonchev–Trinajstić information content (AvgIpc) is 2.33. The molecule has 94 valence electrons. The summed E-state index contributed by atoms with van der Waals surface area (Å²) in [6, 6.07) is 11.4. The minimum absolute atomic E-state index is 0.305. The summed E-state index contributed by atoms with van der Waals surface area (Å²) >= 11 is 0. The molecule has 17 heavy (non-hydrogen) atoms. The Balaban J connectivity index is 1.97. The van der Waals surface area contributed by atoms with E-state index >= 15 is 0 Å². The van der Waals surface area contributed by atoms with Gasteiger partial charge in [0.15, 0.2) is 0 Å². The Hall–Kier alpha value is -0.900. The van der Waals surface area contributed by atoms with E-state index < -0.39 is 0 Å². The van der Waals surface area contributed by atoms with E-state index in [2.05, 4.69) is 54.2 Å². The summed E-state index contributed by atoms with van der Waals surface area (Å²) in [6.07, 6.45) is 1.10. The van der Waals surface area contributed by atoms with Crippen LogP contribution < -0.4 is 5.73 Å². The Labute approximate surface area is 104 Å². The molecular weight excluding hydrogens is 210 g/mol. The molecule has 1 fully saturated rings. The SMILES string of the molecule is CN1CCC(N)C(N(C)Cc2ccccc2)C1. The summed E-state index contributed by atoms with van der Waals surface area (Å²) < 4.78 is 0. The zero-order valence-electron chi connectivity index (χ0n) is 10.8. The molecule has 1 aromatic rings. The maximum atomic E-state index is 6.23. The lowest BCUT2D eigenvalue weighted by molar-refractivity contribution is 0.111. The van der Waals surface area contributed by atoms with Crippen LogP contribution in [0.15, 0.2) is 30.3 Å². The van der Waals surface area contributed by atoms with Crippen molar-refractivity contribution in [2.75, 3.05) is 27.2 Å². The number of likely N-dealkylation sites (tertiary alicyclic amines) is 1. The second kappa shape index (κ2) is 5.63. The highest BCUT2D eigenvalue weighted by Crippen LogP contribution is 2.15. The van der Waals surface area contributed by atoms with Crippen molar-refractivity contribution >= 4 is 0 Å². The molecule has 3 heteroatoms. The summed E-state index contributed by atoms with van der Waals surface area (Å²) in [5.41, 5.74) is 7.58. The van der Waals surface area contributed by atoms with Crippen molar-refractivity contribution in [3.05, 3.63) is 35.9 Å². The van der Waals surface area contributed by atoms with Crippen LogP contribution in [0.4, 0.5) is 0 Å². The Morgan fingerprint density at radius 2 is 2.06 bits per heavy atom. The Bertz CT molecular complexity index is 339. The van der Waals surface area contributed by atoms with Crippen molar-refractivity contribution in [3.63, 3.8) is 0 Å². The molecule has 0 amide bonds. The van der Waals surface area contributed by atoms with Gasteiger partial charge in [-0.05, 0) is 32.6 Å². The number of nitrogens with two attached hydrogens (primary N) is 1. The first-order chi connectivity index (χ1) is 8.16. The topological polar surface area (TPSA) is 32.5 Å². The van der Waals surface area contributed by atoms with Gasteiger partial charge in [-0.1, -0.05) is 30.3 Å². The molecule has 2 N–H and O–H groups in total. The summed E-state index contributed by atoms with van der Waals surface area (Å²) in [5, 5.41) is 0. The van der Waals surface area contributed by atoms with Crippen molar-refractivity contribution in [2.24, 2.45) is 5.73 Å². The van der Waals surface area contributed by atoms with Crippen LogP contribution in [0.5, 0.6) is 0 Å². The molecule has 1 aliphatic rings. The number of likely N-dealkylation sites (N-methyl/N-ethyl adjacent to an activating group) is 2. The van der Waals surface area contributed by atoms with Crippen LogP contribution >= 0.6 is 0 Å². The van der Waals surface area contributed by atoms with Crippen molar-refractivity contribution in [1.29, 1.82) is 0 Å². The lowest BCUT2D eigenvalue weighted by atomic mass is 9.99. The smallest absolute Gasteiger partial charge is 0.0375 e. The fraction of sp³-hybridized carbons (Fsp3) is 0.571. The normalized spacial score (nSPS) is 26.4. The standard InChI is InChI=1S/C14H23N3/c1-16-9-8-13(15)14(11-16)17(2)10-12-6-4-3-5-7-12/h3-7,13-14H,8-11,15H2,1-2H3. The zero-order valence-corrected chi connectivity index (χ0v) is 10.8. The fourth-order valence-electron chi connectivity index (χ4n) is 2.56. The molecule has 1 heterocycles. The summed E-state index contributed by atoms with van der Waals surface area (Å²) in [6.45, 7) is 3.17. The minimum atomic E-state index is 0.305. The number of piperidine rings is 1. The van der Waals surface area contributed by atoms with Crippen molar-refractivity contribution in [3.8, 4) is 0 Å². The van der Waals surface area contributed by atoms with E-state index in [4.69, 9.17) is 5.73 Å². The quantitative estimate of drug-likeness (QED) is 0.850. The highest BCUT2D eigenvalue weighted by molar-refractivity contribution is 5.14. The third-order valence-corrected chi connectivity index (χ3v) is 3.68. The van der Waals surface area contributed by atoms with Gasteiger partial charge in [-0.25, -0.2) is 0 Å². The van der Waals surface area contributed by atoms with Gasteiger partial charge in [0.25, 0.3) is 0 Å². The van der Waals surface area contributed by atoms with Crippen LogP contribution in [0.25, 0.3) is 0 Å². The molecule has 0 aromatic heterocycles. The Morgan fingerprint density at radius 3 is 2.76 bits per heavy atom. The molecule has 0 saturated carbocycles. The van der Waals surface area contributed by atoms with Crippen LogP contribution in [0.1, 0.15) is 12.0 Å². The number of rotatable bonds is 3. The minimum Gasteiger partial charge on any atom is -0.326 e. The van der Waals surface area contributed by atoms with Crippen LogP contribution in [0.2, 0.25) is 0 Å². The van der Waals surface area contributed by atoms with Crippen molar-refractivity contribution < 1.29 is 0 Å². The monoisotopic (exact) mass is 233 g/mol. The maximum absolute atomic E-state index is 6.23. The number of benzene rings is 1. The van der Waals surface area contributed by atoms with Gasteiger partial charge in [0, 0.05) is 25.2 Å². The fourth-order valence-corrected chi connectivity index (χ4v) is 2.56. The predicted octanol–water partition coefficient (Wildman–Crippen LogP) is 1.15. The molecule has 2 rings (SSSR count). The molecule has 2 unspecified atom stereocenters. The second-order valence-corrected chi connectivity index (χ2v) is 5.18. The van der Waals surface area contributed by atoms with Gasteiger partial charge >= 0.3 is 0 Å². The van der Waals surface area contributed by atoms with Crippen LogP contribution in [0.3, 0.4) is 0 Å². The van der Waals surface area contributed by atoms with E-state index in [9.17, 15) is 0 Å². The average molecular weight is 233 g/mol. The number of hydrogen-bond acceptors (Lipinski definition) is 3. The van der Waals surface area contributed by atoms with E-state index in [1.807, 2.05) is 0 Å². The molecule has 1 aromatic carbocycles. The highest BCUT2D eigenvalue weighted by atomic mass is 15.2. The Morgan fingerprint density at radius 1 is 1.35 bits per heavy atom. The van der Waals surface area contributed by atoms with E-state index in [-0.39, 0.29) is 0 Å². The molecule has 1 saturated heterocycles. The molecule has 3 nitrogen and oxygen atoms in total. The van der Waals surface area contributed by atoms with Gasteiger partial charge in [-0.3, -0.25) is 4.90 Å². The first kappa shape index (κ1) is 12.6.